The van der Waals surface area contributed by atoms with Gasteiger partial charge in [0.25, 0.3) is 0 Å². The number of benzene rings is 2. The molecule has 3 aromatic rings. The molecule has 2 aromatic carbocycles. The van der Waals surface area contributed by atoms with Crippen LogP contribution in [0.1, 0.15) is 0 Å². The highest BCUT2D eigenvalue weighted by Crippen LogP contribution is 2.29. The van der Waals surface area contributed by atoms with Gasteiger partial charge in [0.2, 0.25) is 0 Å². The lowest BCUT2D eigenvalue weighted by molar-refractivity contribution is 0.619. The summed E-state index contributed by atoms with van der Waals surface area (Å²) in [5.74, 6) is 0.524. The van der Waals surface area contributed by atoms with E-state index < -0.39 is 0 Å². The highest BCUT2D eigenvalue weighted by molar-refractivity contribution is 9.10. The molecular weight excluding hydrogens is 306 g/mol. The highest BCUT2D eigenvalue weighted by atomic mass is 79.9. The zero-order chi connectivity index (χ0) is 13.4. The van der Waals surface area contributed by atoms with E-state index in [2.05, 4.69) is 15.9 Å². The quantitative estimate of drug-likeness (QED) is 0.695. The molecule has 19 heavy (non-hydrogen) atoms. The number of nitrogens with two attached hydrogens (primary N) is 1. The van der Waals surface area contributed by atoms with Crippen LogP contribution in [0.15, 0.2) is 62.2 Å². The van der Waals surface area contributed by atoms with Crippen LogP contribution >= 0.6 is 15.9 Å². The number of rotatable bonds is 1. The zero-order valence-corrected chi connectivity index (χ0v) is 11.5. The zero-order valence-electron chi connectivity index (χ0n) is 9.89. The molecule has 0 aliphatic carbocycles. The van der Waals surface area contributed by atoms with Crippen LogP contribution in [-0.4, -0.2) is 0 Å². The van der Waals surface area contributed by atoms with Crippen molar-refractivity contribution >= 4 is 32.6 Å². The van der Waals surface area contributed by atoms with Gasteiger partial charge < -0.3 is 10.2 Å². The van der Waals surface area contributed by atoms with Crippen LogP contribution in [0.4, 0.5) is 5.69 Å². The van der Waals surface area contributed by atoms with Crippen LogP contribution in [0, 0.1) is 0 Å². The van der Waals surface area contributed by atoms with Gasteiger partial charge in [-0.05, 0) is 18.2 Å². The Labute approximate surface area is 117 Å². The number of fused-ring (bicyclic) bond motifs is 1. The second-order valence-corrected chi connectivity index (χ2v) is 5.03. The van der Waals surface area contributed by atoms with Crippen molar-refractivity contribution in [3.8, 4) is 11.3 Å². The normalized spacial score (nSPS) is 10.8. The molecule has 0 aliphatic heterocycles. The van der Waals surface area contributed by atoms with Gasteiger partial charge in [0.1, 0.15) is 11.3 Å². The van der Waals surface area contributed by atoms with Crippen LogP contribution in [0.3, 0.4) is 0 Å². The molecule has 0 aliphatic rings. The maximum Gasteiger partial charge on any atom is 0.195 e. The van der Waals surface area contributed by atoms with Crippen molar-refractivity contribution in [2.24, 2.45) is 0 Å². The van der Waals surface area contributed by atoms with Gasteiger partial charge in [-0.2, -0.15) is 0 Å². The Morgan fingerprint density at radius 1 is 1.05 bits per heavy atom. The van der Waals surface area contributed by atoms with Crippen LogP contribution in [0.25, 0.3) is 22.3 Å². The third-order valence-electron chi connectivity index (χ3n) is 2.93. The first-order chi connectivity index (χ1) is 9.16. The molecule has 0 saturated heterocycles. The first-order valence-corrected chi connectivity index (χ1v) is 6.53. The SMILES string of the molecule is Nc1cccc2oc(-c3ccccc3Br)cc(=O)c12. The van der Waals surface area contributed by atoms with Gasteiger partial charge in [0.15, 0.2) is 5.43 Å². The summed E-state index contributed by atoms with van der Waals surface area (Å²) in [7, 11) is 0. The van der Waals surface area contributed by atoms with Crippen LogP contribution < -0.4 is 11.2 Å². The lowest BCUT2D eigenvalue weighted by atomic mass is 10.1. The van der Waals surface area contributed by atoms with Crippen molar-refractivity contribution in [1.29, 1.82) is 0 Å². The van der Waals surface area contributed by atoms with Gasteiger partial charge >= 0.3 is 0 Å². The van der Waals surface area contributed by atoms with Gasteiger partial charge in [0.05, 0.1) is 5.39 Å². The van der Waals surface area contributed by atoms with Gasteiger partial charge in [-0.25, -0.2) is 0 Å². The highest BCUT2D eigenvalue weighted by Gasteiger charge is 2.10. The first-order valence-electron chi connectivity index (χ1n) is 5.74. The summed E-state index contributed by atoms with van der Waals surface area (Å²) in [6, 6.07) is 14.3. The molecule has 0 bridgehead atoms. The summed E-state index contributed by atoms with van der Waals surface area (Å²) in [6.07, 6.45) is 0. The molecule has 3 rings (SSSR count). The van der Waals surface area contributed by atoms with Gasteiger partial charge in [0, 0.05) is 21.8 Å². The molecule has 1 aromatic heterocycles. The van der Waals surface area contributed by atoms with Crippen molar-refractivity contribution in [3.63, 3.8) is 0 Å². The Morgan fingerprint density at radius 3 is 2.63 bits per heavy atom. The Bertz CT molecular complexity index is 824. The molecular formula is C15H10BrNO2. The summed E-state index contributed by atoms with van der Waals surface area (Å²) >= 11 is 3.45. The monoisotopic (exact) mass is 315 g/mol. The predicted octanol–water partition coefficient (Wildman–Crippen LogP) is 3.80. The number of hydrogen-bond donors (Lipinski definition) is 1. The minimum Gasteiger partial charge on any atom is -0.456 e. The van der Waals surface area contributed by atoms with E-state index in [1.165, 1.54) is 6.07 Å². The molecule has 0 spiro atoms. The van der Waals surface area contributed by atoms with Crippen LogP contribution in [-0.2, 0) is 0 Å². The van der Waals surface area contributed by atoms with Gasteiger partial charge in [-0.1, -0.05) is 40.2 Å². The summed E-state index contributed by atoms with van der Waals surface area (Å²) in [4.78, 5) is 12.1. The van der Waals surface area contributed by atoms with Crippen LogP contribution in [0.5, 0.6) is 0 Å². The molecule has 4 heteroatoms. The third kappa shape index (κ3) is 2.04. The fourth-order valence-electron chi connectivity index (χ4n) is 2.03. The Kier molecular flexibility index (Phi) is 2.87. The third-order valence-corrected chi connectivity index (χ3v) is 3.62. The van der Waals surface area contributed by atoms with E-state index in [1.807, 2.05) is 24.3 Å². The standard InChI is InChI=1S/C15H10BrNO2/c16-10-5-2-1-4-9(10)14-8-12(18)15-11(17)6-3-7-13(15)19-14/h1-8H,17H2. The fourth-order valence-corrected chi connectivity index (χ4v) is 2.51. The minimum atomic E-state index is -0.134. The number of nitrogen functional groups attached to an aromatic ring is 1. The molecule has 0 amide bonds. The molecule has 0 saturated carbocycles. The molecule has 0 radical (unpaired) electrons. The maximum absolute atomic E-state index is 12.1. The van der Waals surface area contributed by atoms with Crippen molar-refractivity contribution in [2.45, 2.75) is 0 Å². The Balaban J connectivity index is 2.34. The molecule has 1 heterocycles. The van der Waals surface area contributed by atoms with Gasteiger partial charge in [-0.15, -0.1) is 0 Å². The summed E-state index contributed by atoms with van der Waals surface area (Å²) in [5, 5.41) is 0.429. The fraction of sp³-hybridized carbons (Fsp3) is 0. The van der Waals surface area contributed by atoms with E-state index in [-0.39, 0.29) is 5.43 Å². The first kappa shape index (κ1) is 12.0. The number of anilines is 1. The van der Waals surface area contributed by atoms with E-state index in [1.54, 1.807) is 18.2 Å². The second-order valence-electron chi connectivity index (χ2n) is 4.18. The molecule has 94 valence electrons. The molecule has 2 N–H and O–H groups in total. The lowest BCUT2D eigenvalue weighted by Crippen LogP contribution is -2.03. The van der Waals surface area contributed by atoms with Crippen molar-refractivity contribution in [1.82, 2.24) is 0 Å². The summed E-state index contributed by atoms with van der Waals surface area (Å²) < 4.78 is 6.66. The van der Waals surface area contributed by atoms with E-state index in [9.17, 15) is 4.79 Å². The van der Waals surface area contributed by atoms with E-state index >= 15 is 0 Å². The van der Waals surface area contributed by atoms with Gasteiger partial charge in [-0.3, -0.25) is 4.79 Å². The molecule has 0 fully saturated rings. The second kappa shape index (κ2) is 4.55. The predicted molar refractivity (Wildman–Crippen MR) is 80.0 cm³/mol. The average molecular weight is 316 g/mol. The minimum absolute atomic E-state index is 0.134. The van der Waals surface area contributed by atoms with E-state index in [0.29, 0.717) is 22.4 Å². The van der Waals surface area contributed by atoms with Crippen molar-refractivity contribution < 1.29 is 4.42 Å². The lowest BCUT2D eigenvalue weighted by Gasteiger charge is -2.06. The Morgan fingerprint density at radius 2 is 1.84 bits per heavy atom. The smallest absolute Gasteiger partial charge is 0.195 e. The van der Waals surface area contributed by atoms with Crippen molar-refractivity contribution in [2.75, 3.05) is 5.73 Å². The topological polar surface area (TPSA) is 56.2 Å². The Hall–Kier alpha value is -2.07. The maximum atomic E-state index is 12.1. The molecule has 0 unspecified atom stereocenters. The number of hydrogen-bond acceptors (Lipinski definition) is 3. The average Bonchev–Trinajstić information content (AvgIpc) is 2.39. The van der Waals surface area contributed by atoms with Crippen LogP contribution in [0.2, 0.25) is 0 Å². The molecule has 0 atom stereocenters. The largest absolute Gasteiger partial charge is 0.456 e. The summed E-state index contributed by atoms with van der Waals surface area (Å²) in [5.41, 5.74) is 7.44. The molecule has 3 nitrogen and oxygen atoms in total. The summed E-state index contributed by atoms with van der Waals surface area (Å²) in [6.45, 7) is 0. The van der Waals surface area contributed by atoms with E-state index in [4.69, 9.17) is 10.2 Å². The number of halogens is 1. The van der Waals surface area contributed by atoms with E-state index in [0.717, 1.165) is 10.0 Å². The van der Waals surface area contributed by atoms with Crippen molar-refractivity contribution in [3.05, 3.63) is 63.2 Å².